The first-order valence-corrected chi connectivity index (χ1v) is 4.86. The number of halogens is 4. The van der Waals surface area contributed by atoms with Gasteiger partial charge in [-0.2, -0.15) is 0 Å². The summed E-state index contributed by atoms with van der Waals surface area (Å²) in [5.74, 6) is -1.39. The van der Waals surface area contributed by atoms with Crippen molar-refractivity contribution < 1.29 is 8.78 Å². The molecule has 0 amide bonds. The first kappa shape index (κ1) is 9.80. The summed E-state index contributed by atoms with van der Waals surface area (Å²) in [5, 5.41) is 0.558. The third-order valence-electron chi connectivity index (χ3n) is 1.78. The standard InChI is InChI=1S/C9H3BrClF2N/c10-7-5(12)3-4-1-2-6(11)14-9(4)8(7)13/h1-3H. The van der Waals surface area contributed by atoms with Crippen LogP contribution in [-0.2, 0) is 0 Å². The normalized spacial score (nSPS) is 10.9. The summed E-state index contributed by atoms with van der Waals surface area (Å²) in [7, 11) is 0. The van der Waals surface area contributed by atoms with Crippen LogP contribution < -0.4 is 0 Å². The quantitative estimate of drug-likeness (QED) is 0.525. The Bertz CT molecular complexity index is 516. The van der Waals surface area contributed by atoms with Crippen LogP contribution in [0.5, 0.6) is 0 Å². The molecule has 0 spiro atoms. The summed E-state index contributed by atoms with van der Waals surface area (Å²) in [6.45, 7) is 0. The van der Waals surface area contributed by atoms with Gasteiger partial charge >= 0.3 is 0 Å². The van der Waals surface area contributed by atoms with Gasteiger partial charge in [0.05, 0.1) is 4.47 Å². The smallest absolute Gasteiger partial charge is 0.166 e. The number of benzene rings is 1. The SMILES string of the molecule is Fc1cc2ccc(Cl)nc2c(F)c1Br. The molecule has 72 valence electrons. The molecule has 0 unspecified atom stereocenters. The molecular weight excluding hydrogens is 275 g/mol. The molecule has 1 aromatic heterocycles. The van der Waals surface area contributed by atoms with Gasteiger partial charge in [0.15, 0.2) is 5.82 Å². The van der Waals surface area contributed by atoms with Crippen molar-refractivity contribution in [3.8, 4) is 0 Å². The van der Waals surface area contributed by atoms with Crippen LogP contribution in [0, 0.1) is 11.6 Å². The molecule has 0 atom stereocenters. The summed E-state index contributed by atoms with van der Waals surface area (Å²) >= 11 is 8.39. The molecule has 14 heavy (non-hydrogen) atoms. The van der Waals surface area contributed by atoms with Gasteiger partial charge in [0.2, 0.25) is 0 Å². The number of fused-ring (bicyclic) bond motifs is 1. The average molecular weight is 278 g/mol. The van der Waals surface area contributed by atoms with Crippen molar-refractivity contribution in [1.29, 1.82) is 0 Å². The highest BCUT2D eigenvalue weighted by atomic mass is 79.9. The topological polar surface area (TPSA) is 12.9 Å². The maximum absolute atomic E-state index is 13.4. The zero-order chi connectivity index (χ0) is 10.3. The Morgan fingerprint density at radius 3 is 2.71 bits per heavy atom. The average Bonchev–Trinajstić information content (AvgIpc) is 2.16. The van der Waals surface area contributed by atoms with E-state index >= 15 is 0 Å². The lowest BCUT2D eigenvalue weighted by Crippen LogP contribution is -1.90. The summed E-state index contributed by atoms with van der Waals surface area (Å²) in [5.41, 5.74) is 0.0609. The number of hydrogen-bond donors (Lipinski definition) is 0. The van der Waals surface area contributed by atoms with Crippen LogP contribution >= 0.6 is 27.5 Å². The van der Waals surface area contributed by atoms with E-state index in [0.29, 0.717) is 5.39 Å². The first-order valence-electron chi connectivity index (χ1n) is 3.69. The van der Waals surface area contributed by atoms with Crippen LogP contribution in [0.1, 0.15) is 0 Å². The second-order valence-corrected chi connectivity index (χ2v) is 3.87. The predicted molar refractivity (Wildman–Crippen MR) is 54.4 cm³/mol. The van der Waals surface area contributed by atoms with Crippen LogP contribution in [-0.4, -0.2) is 4.98 Å². The van der Waals surface area contributed by atoms with Crippen molar-refractivity contribution in [1.82, 2.24) is 4.98 Å². The van der Waals surface area contributed by atoms with Gasteiger partial charge in [-0.05, 0) is 34.1 Å². The predicted octanol–water partition coefficient (Wildman–Crippen LogP) is 3.93. The second kappa shape index (κ2) is 3.44. The summed E-state index contributed by atoms with van der Waals surface area (Å²) in [4.78, 5) is 3.77. The molecule has 0 bridgehead atoms. The van der Waals surface area contributed by atoms with Crippen molar-refractivity contribution >= 4 is 38.4 Å². The van der Waals surface area contributed by atoms with Gasteiger partial charge in [-0.3, -0.25) is 0 Å². The van der Waals surface area contributed by atoms with E-state index in [1.54, 1.807) is 0 Å². The van der Waals surface area contributed by atoms with E-state index in [-0.39, 0.29) is 15.1 Å². The summed E-state index contributed by atoms with van der Waals surface area (Å²) in [6.07, 6.45) is 0. The van der Waals surface area contributed by atoms with Gasteiger partial charge in [0.25, 0.3) is 0 Å². The molecule has 0 N–H and O–H groups in total. The van der Waals surface area contributed by atoms with Crippen molar-refractivity contribution in [2.45, 2.75) is 0 Å². The molecule has 0 aliphatic heterocycles. The fourth-order valence-electron chi connectivity index (χ4n) is 1.15. The third-order valence-corrected chi connectivity index (χ3v) is 2.72. The van der Waals surface area contributed by atoms with Crippen LogP contribution in [0.2, 0.25) is 5.15 Å². The minimum absolute atomic E-state index is 0.0609. The number of pyridine rings is 1. The Hall–Kier alpha value is -0.740. The molecule has 1 nitrogen and oxygen atoms in total. The van der Waals surface area contributed by atoms with E-state index < -0.39 is 11.6 Å². The molecular formula is C9H3BrClF2N. The molecule has 0 saturated carbocycles. The Morgan fingerprint density at radius 1 is 1.29 bits per heavy atom. The third kappa shape index (κ3) is 1.48. The number of rotatable bonds is 0. The van der Waals surface area contributed by atoms with Crippen LogP contribution in [0.15, 0.2) is 22.7 Å². The minimum Gasteiger partial charge on any atom is -0.233 e. The lowest BCUT2D eigenvalue weighted by atomic mass is 10.2. The van der Waals surface area contributed by atoms with Gasteiger partial charge in [-0.25, -0.2) is 13.8 Å². The molecule has 5 heteroatoms. The van der Waals surface area contributed by atoms with Crippen LogP contribution in [0.3, 0.4) is 0 Å². The Labute approximate surface area is 91.8 Å². The zero-order valence-electron chi connectivity index (χ0n) is 6.69. The first-order chi connectivity index (χ1) is 6.59. The Kier molecular flexibility index (Phi) is 2.41. The van der Waals surface area contributed by atoms with Crippen LogP contribution in [0.25, 0.3) is 10.9 Å². The largest absolute Gasteiger partial charge is 0.233 e. The Balaban J connectivity index is 2.92. The van der Waals surface area contributed by atoms with E-state index in [1.807, 2.05) is 0 Å². The van der Waals surface area contributed by atoms with Crippen molar-refractivity contribution in [2.24, 2.45) is 0 Å². The number of nitrogens with zero attached hydrogens (tertiary/aromatic N) is 1. The molecule has 0 radical (unpaired) electrons. The van der Waals surface area contributed by atoms with Gasteiger partial charge in [0.1, 0.15) is 16.5 Å². The highest BCUT2D eigenvalue weighted by Crippen LogP contribution is 2.27. The molecule has 0 aliphatic carbocycles. The molecule has 2 aromatic rings. The van der Waals surface area contributed by atoms with E-state index in [0.717, 1.165) is 0 Å². The monoisotopic (exact) mass is 277 g/mol. The maximum atomic E-state index is 13.4. The molecule has 0 fully saturated rings. The highest BCUT2D eigenvalue weighted by Gasteiger charge is 2.12. The van der Waals surface area contributed by atoms with Crippen molar-refractivity contribution in [3.63, 3.8) is 0 Å². The van der Waals surface area contributed by atoms with Gasteiger partial charge in [-0.15, -0.1) is 0 Å². The Morgan fingerprint density at radius 2 is 2.00 bits per heavy atom. The molecule has 0 aliphatic rings. The zero-order valence-corrected chi connectivity index (χ0v) is 9.03. The lowest BCUT2D eigenvalue weighted by molar-refractivity contribution is 0.579. The summed E-state index contributed by atoms with van der Waals surface area (Å²) < 4.78 is 26.3. The minimum atomic E-state index is -0.734. The fraction of sp³-hybridized carbons (Fsp3) is 0. The van der Waals surface area contributed by atoms with Gasteiger partial charge < -0.3 is 0 Å². The van der Waals surface area contributed by atoms with E-state index in [2.05, 4.69) is 20.9 Å². The highest BCUT2D eigenvalue weighted by molar-refractivity contribution is 9.10. The molecule has 1 aromatic carbocycles. The molecule has 2 rings (SSSR count). The van der Waals surface area contributed by atoms with Crippen LogP contribution in [0.4, 0.5) is 8.78 Å². The van der Waals surface area contributed by atoms with Gasteiger partial charge in [-0.1, -0.05) is 11.6 Å². The van der Waals surface area contributed by atoms with E-state index in [1.165, 1.54) is 18.2 Å². The number of hydrogen-bond acceptors (Lipinski definition) is 1. The maximum Gasteiger partial charge on any atom is 0.166 e. The lowest BCUT2D eigenvalue weighted by Gasteiger charge is -2.02. The van der Waals surface area contributed by atoms with Crippen molar-refractivity contribution in [3.05, 3.63) is 39.5 Å². The van der Waals surface area contributed by atoms with Crippen molar-refractivity contribution in [2.75, 3.05) is 0 Å². The molecule has 1 heterocycles. The van der Waals surface area contributed by atoms with Gasteiger partial charge in [0, 0.05) is 5.39 Å². The van der Waals surface area contributed by atoms with E-state index in [4.69, 9.17) is 11.6 Å². The fourth-order valence-corrected chi connectivity index (χ4v) is 1.60. The summed E-state index contributed by atoms with van der Waals surface area (Å²) in [6, 6.07) is 4.20. The molecule has 0 saturated heterocycles. The number of aromatic nitrogens is 1. The van der Waals surface area contributed by atoms with E-state index in [9.17, 15) is 8.78 Å². The second-order valence-electron chi connectivity index (χ2n) is 2.69.